The van der Waals surface area contributed by atoms with E-state index >= 15 is 0 Å². The van der Waals surface area contributed by atoms with E-state index in [4.69, 9.17) is 4.43 Å². The number of carbonyl (C=O) groups excluding carboxylic acids is 1. The van der Waals surface area contributed by atoms with E-state index in [1.807, 2.05) is 6.07 Å². The van der Waals surface area contributed by atoms with Gasteiger partial charge in [-0.05, 0) is 37.0 Å². The Balaban J connectivity index is 2.69. The van der Waals surface area contributed by atoms with E-state index in [1.54, 1.807) is 0 Å². The Bertz CT molecular complexity index is 584. The molecule has 5 heteroatoms. The topological polar surface area (TPSA) is 50.4 Å². The molecule has 0 bridgehead atoms. The fraction of sp³-hybridized carbons (Fsp3) is 0.708. The van der Waals surface area contributed by atoms with Gasteiger partial charge < -0.3 is 15.1 Å². The maximum absolute atomic E-state index is 12.5. The molecule has 1 rings (SSSR count). The second kappa shape index (κ2) is 12.5. The Morgan fingerprint density at radius 3 is 2.34 bits per heavy atom. The summed E-state index contributed by atoms with van der Waals surface area (Å²) in [7, 11) is -1.87. The van der Waals surface area contributed by atoms with Crippen LogP contribution in [0.3, 0.4) is 0 Å². The van der Waals surface area contributed by atoms with Gasteiger partial charge in [-0.1, -0.05) is 77.3 Å². The molecule has 0 aliphatic rings. The molecule has 0 aromatic heterocycles. The first-order valence-electron chi connectivity index (χ1n) is 11.3. The van der Waals surface area contributed by atoms with Gasteiger partial charge in [-0.3, -0.25) is 4.79 Å². The summed E-state index contributed by atoms with van der Waals surface area (Å²) in [6.45, 7) is 16.9. The summed E-state index contributed by atoms with van der Waals surface area (Å²) in [5.41, 5.74) is 1.24. The molecule has 4 nitrogen and oxygen atoms in total. The van der Waals surface area contributed by atoms with Crippen molar-refractivity contribution in [3.63, 3.8) is 0 Å². The standard InChI is InChI=1S/C24H44N2O2Si/c1-8-9-10-14-17-23(27)26-22(19-28-29(6,7)24(3,4)5)20(2)25-18-21-15-12-11-13-16-21/h11-13,15-16,20,22,25H,8-10,14,17-19H2,1-7H3,(H,26,27)/t20-,22+/m1/s1. The highest BCUT2D eigenvalue weighted by Crippen LogP contribution is 2.36. The highest BCUT2D eigenvalue weighted by Gasteiger charge is 2.38. The van der Waals surface area contributed by atoms with E-state index in [0.29, 0.717) is 13.0 Å². The summed E-state index contributed by atoms with van der Waals surface area (Å²) >= 11 is 0. The number of amides is 1. The van der Waals surface area contributed by atoms with Gasteiger partial charge in [0.2, 0.25) is 5.91 Å². The normalized spacial score (nSPS) is 14.4. The number of hydrogen-bond donors (Lipinski definition) is 2. The first-order valence-corrected chi connectivity index (χ1v) is 14.2. The van der Waals surface area contributed by atoms with Gasteiger partial charge in [0.05, 0.1) is 12.6 Å². The molecule has 0 aliphatic carbocycles. The molecule has 0 unspecified atom stereocenters. The van der Waals surface area contributed by atoms with Crippen LogP contribution in [0.2, 0.25) is 18.1 Å². The minimum absolute atomic E-state index is 0.0356. The number of nitrogens with one attached hydrogen (secondary N) is 2. The van der Waals surface area contributed by atoms with Crippen LogP contribution >= 0.6 is 0 Å². The maximum atomic E-state index is 12.5. The second-order valence-corrected chi connectivity index (χ2v) is 14.5. The van der Waals surface area contributed by atoms with Crippen molar-refractivity contribution < 1.29 is 9.22 Å². The van der Waals surface area contributed by atoms with Crippen LogP contribution in [0.25, 0.3) is 0 Å². The Morgan fingerprint density at radius 2 is 1.76 bits per heavy atom. The van der Waals surface area contributed by atoms with E-state index in [0.717, 1.165) is 19.4 Å². The quantitative estimate of drug-likeness (QED) is 0.321. The molecule has 0 spiro atoms. The van der Waals surface area contributed by atoms with Crippen molar-refractivity contribution in [3.8, 4) is 0 Å². The number of rotatable bonds is 13. The van der Waals surface area contributed by atoms with Gasteiger partial charge in [-0.2, -0.15) is 0 Å². The molecule has 0 radical (unpaired) electrons. The van der Waals surface area contributed by atoms with Crippen molar-refractivity contribution in [2.24, 2.45) is 0 Å². The van der Waals surface area contributed by atoms with Crippen molar-refractivity contribution in [1.82, 2.24) is 10.6 Å². The Labute approximate surface area is 180 Å². The Morgan fingerprint density at radius 1 is 1.10 bits per heavy atom. The third-order valence-corrected chi connectivity index (χ3v) is 10.6. The summed E-state index contributed by atoms with van der Waals surface area (Å²) in [6.07, 6.45) is 5.06. The smallest absolute Gasteiger partial charge is 0.220 e. The van der Waals surface area contributed by atoms with E-state index in [2.05, 4.69) is 82.6 Å². The van der Waals surface area contributed by atoms with Crippen LogP contribution in [0.4, 0.5) is 0 Å². The van der Waals surface area contributed by atoms with E-state index < -0.39 is 8.32 Å². The lowest BCUT2D eigenvalue weighted by Gasteiger charge is -2.38. The van der Waals surface area contributed by atoms with Gasteiger partial charge in [0.15, 0.2) is 8.32 Å². The molecule has 29 heavy (non-hydrogen) atoms. The largest absolute Gasteiger partial charge is 0.415 e. The lowest BCUT2D eigenvalue weighted by molar-refractivity contribution is -0.122. The van der Waals surface area contributed by atoms with Gasteiger partial charge in [0, 0.05) is 19.0 Å². The molecule has 1 aromatic carbocycles. The first kappa shape index (κ1) is 25.9. The Kier molecular flexibility index (Phi) is 11.2. The molecular weight excluding hydrogens is 376 g/mol. The van der Waals surface area contributed by atoms with E-state index in [1.165, 1.54) is 18.4 Å². The lowest BCUT2D eigenvalue weighted by Crippen LogP contribution is -2.53. The van der Waals surface area contributed by atoms with Gasteiger partial charge in [-0.15, -0.1) is 0 Å². The first-order chi connectivity index (χ1) is 13.6. The fourth-order valence-electron chi connectivity index (χ4n) is 2.83. The number of carbonyl (C=O) groups is 1. The van der Waals surface area contributed by atoms with Gasteiger partial charge >= 0.3 is 0 Å². The average molecular weight is 421 g/mol. The van der Waals surface area contributed by atoms with Gasteiger partial charge in [0.25, 0.3) is 0 Å². The average Bonchev–Trinajstić information content (AvgIpc) is 2.66. The summed E-state index contributed by atoms with van der Waals surface area (Å²) in [6, 6.07) is 10.5. The molecule has 2 atom stereocenters. The minimum Gasteiger partial charge on any atom is -0.415 e. The van der Waals surface area contributed by atoms with Crippen LogP contribution in [-0.4, -0.2) is 32.9 Å². The lowest BCUT2D eigenvalue weighted by atomic mass is 10.1. The molecular formula is C24H44N2O2Si. The zero-order chi connectivity index (χ0) is 21.9. The van der Waals surface area contributed by atoms with Crippen LogP contribution in [0, 0.1) is 0 Å². The fourth-order valence-corrected chi connectivity index (χ4v) is 3.86. The molecule has 166 valence electrons. The van der Waals surface area contributed by atoms with E-state index in [9.17, 15) is 4.79 Å². The van der Waals surface area contributed by atoms with Gasteiger partial charge in [-0.25, -0.2) is 0 Å². The summed E-state index contributed by atoms with van der Waals surface area (Å²) < 4.78 is 6.46. The van der Waals surface area contributed by atoms with E-state index in [-0.39, 0.29) is 23.0 Å². The van der Waals surface area contributed by atoms with Crippen molar-refractivity contribution in [1.29, 1.82) is 0 Å². The summed E-state index contributed by atoms with van der Waals surface area (Å²) in [4.78, 5) is 12.5. The third kappa shape index (κ3) is 9.92. The van der Waals surface area contributed by atoms with Crippen LogP contribution in [-0.2, 0) is 15.8 Å². The van der Waals surface area contributed by atoms with Crippen molar-refractivity contribution in [2.45, 2.75) is 103 Å². The Hall–Kier alpha value is -1.17. The zero-order valence-corrected chi connectivity index (χ0v) is 20.8. The van der Waals surface area contributed by atoms with Crippen LogP contribution in [0.15, 0.2) is 30.3 Å². The molecule has 2 N–H and O–H groups in total. The van der Waals surface area contributed by atoms with Crippen LogP contribution < -0.4 is 10.6 Å². The van der Waals surface area contributed by atoms with Crippen molar-refractivity contribution >= 4 is 14.2 Å². The number of benzene rings is 1. The van der Waals surface area contributed by atoms with Crippen molar-refractivity contribution in [2.75, 3.05) is 6.61 Å². The molecule has 0 saturated heterocycles. The maximum Gasteiger partial charge on any atom is 0.220 e. The SMILES string of the molecule is CCCCCCC(=O)N[C@@H](CO[Si](C)(C)C(C)(C)C)[C@@H](C)NCc1ccccc1. The number of hydrogen-bond acceptors (Lipinski definition) is 3. The molecule has 0 heterocycles. The molecule has 1 aromatic rings. The number of unbranched alkanes of at least 4 members (excludes halogenated alkanes) is 3. The summed E-state index contributed by atoms with van der Waals surface area (Å²) in [5.74, 6) is 0.137. The molecule has 0 aliphatic heterocycles. The third-order valence-electron chi connectivity index (χ3n) is 6.11. The molecule has 0 fully saturated rings. The highest BCUT2D eigenvalue weighted by molar-refractivity contribution is 6.74. The zero-order valence-electron chi connectivity index (χ0n) is 19.8. The van der Waals surface area contributed by atoms with Crippen LogP contribution in [0.1, 0.15) is 72.3 Å². The van der Waals surface area contributed by atoms with Crippen LogP contribution in [0.5, 0.6) is 0 Å². The monoisotopic (exact) mass is 420 g/mol. The molecule has 1 amide bonds. The van der Waals surface area contributed by atoms with Gasteiger partial charge in [0.1, 0.15) is 0 Å². The predicted molar refractivity (Wildman–Crippen MR) is 127 cm³/mol. The summed E-state index contributed by atoms with van der Waals surface area (Å²) in [5, 5.41) is 6.98. The molecule has 0 saturated carbocycles. The second-order valence-electron chi connectivity index (χ2n) is 9.71. The predicted octanol–water partition coefficient (Wildman–Crippen LogP) is 5.64. The van der Waals surface area contributed by atoms with Crippen molar-refractivity contribution in [3.05, 3.63) is 35.9 Å². The highest BCUT2D eigenvalue weighted by atomic mass is 28.4. The minimum atomic E-state index is -1.87.